The molecule has 3 N–H and O–H groups in total. The molecule has 6 rings (SSSR count). The summed E-state index contributed by atoms with van der Waals surface area (Å²) in [5.74, 6) is 0.851. The molecule has 2 aliphatic rings. The fourth-order valence-electron chi connectivity index (χ4n) is 5.75. The summed E-state index contributed by atoms with van der Waals surface area (Å²) in [6, 6.07) is 24.6. The molecular weight excluding hydrogens is 510 g/mol. The van der Waals surface area contributed by atoms with E-state index in [4.69, 9.17) is 9.47 Å². The number of hydrogen-bond donors (Lipinski definition) is 3. The highest BCUT2D eigenvalue weighted by Gasteiger charge is 2.49. The van der Waals surface area contributed by atoms with Crippen molar-refractivity contribution in [1.29, 1.82) is 0 Å². The Labute approximate surface area is 230 Å². The molecule has 4 aromatic rings. The largest absolute Gasteiger partial charge is 0.457 e. The van der Waals surface area contributed by atoms with Gasteiger partial charge < -0.3 is 19.9 Å². The van der Waals surface area contributed by atoms with Crippen LogP contribution in [0.4, 0.5) is 0 Å². The molecule has 1 aliphatic heterocycles. The van der Waals surface area contributed by atoms with Gasteiger partial charge in [-0.3, -0.25) is 19.1 Å². The van der Waals surface area contributed by atoms with E-state index in [1.165, 1.54) is 6.20 Å². The van der Waals surface area contributed by atoms with Crippen LogP contribution in [0.25, 0.3) is 0 Å². The minimum Gasteiger partial charge on any atom is -0.457 e. The number of aromatic nitrogens is 2. The van der Waals surface area contributed by atoms with Gasteiger partial charge in [-0.2, -0.15) is 0 Å². The number of nitrogens with one attached hydrogen (secondary N) is 2. The average molecular weight is 540 g/mol. The number of H-pyrrole nitrogens is 1. The molecule has 2 heterocycles. The van der Waals surface area contributed by atoms with Gasteiger partial charge in [0, 0.05) is 22.9 Å². The van der Waals surface area contributed by atoms with Crippen molar-refractivity contribution in [2.75, 3.05) is 0 Å². The number of hydrogen-bond acceptors (Lipinski definition) is 6. The van der Waals surface area contributed by atoms with Gasteiger partial charge >= 0.3 is 5.69 Å². The zero-order valence-corrected chi connectivity index (χ0v) is 21.9. The molecule has 9 heteroatoms. The van der Waals surface area contributed by atoms with Crippen LogP contribution in [0.15, 0.2) is 94.6 Å². The van der Waals surface area contributed by atoms with E-state index in [2.05, 4.69) is 10.3 Å². The summed E-state index contributed by atoms with van der Waals surface area (Å²) < 4.78 is 14.5. The first-order valence-corrected chi connectivity index (χ1v) is 13.2. The lowest BCUT2D eigenvalue weighted by atomic mass is 9.77. The topological polar surface area (TPSA) is 123 Å². The molecule has 1 amide bonds. The zero-order valence-electron chi connectivity index (χ0n) is 21.9. The number of aromatic amines is 1. The lowest BCUT2D eigenvalue weighted by Gasteiger charge is -2.43. The molecule has 9 nitrogen and oxygen atoms in total. The van der Waals surface area contributed by atoms with Crippen molar-refractivity contribution in [3.63, 3.8) is 0 Å². The summed E-state index contributed by atoms with van der Waals surface area (Å²) in [6.45, 7) is 1.25. The number of benzene rings is 3. The third-order valence-corrected chi connectivity index (χ3v) is 7.65. The summed E-state index contributed by atoms with van der Waals surface area (Å²) >= 11 is 0. The highest BCUT2D eigenvalue weighted by Crippen LogP contribution is 2.53. The number of aliphatic hydroxyl groups excluding tert-OH is 1. The average Bonchev–Trinajstić information content (AvgIpc) is 3.30. The van der Waals surface area contributed by atoms with Crippen molar-refractivity contribution in [3.8, 4) is 11.5 Å². The summed E-state index contributed by atoms with van der Waals surface area (Å²) in [4.78, 5) is 39.3. The van der Waals surface area contributed by atoms with Gasteiger partial charge in [0.15, 0.2) is 5.60 Å². The van der Waals surface area contributed by atoms with Crippen molar-refractivity contribution < 1.29 is 19.4 Å². The lowest BCUT2D eigenvalue weighted by Crippen LogP contribution is -2.51. The van der Waals surface area contributed by atoms with Crippen LogP contribution in [0, 0.1) is 6.92 Å². The Morgan fingerprint density at radius 1 is 1.00 bits per heavy atom. The van der Waals surface area contributed by atoms with Gasteiger partial charge in [-0.15, -0.1) is 0 Å². The van der Waals surface area contributed by atoms with E-state index < -0.39 is 41.0 Å². The second kappa shape index (κ2) is 10.3. The summed E-state index contributed by atoms with van der Waals surface area (Å²) in [5.41, 5.74) is 0.602. The minimum absolute atomic E-state index is 0.310. The lowest BCUT2D eigenvalue weighted by molar-refractivity contribution is -0.126. The molecule has 204 valence electrons. The molecular formula is C31H29N3O6. The number of fused-ring (bicyclic) bond motifs is 2. The number of nitrogens with zero attached hydrogens (tertiary/aromatic N) is 1. The Morgan fingerprint density at radius 3 is 2.30 bits per heavy atom. The number of amides is 1. The second-order valence-corrected chi connectivity index (χ2v) is 10.2. The van der Waals surface area contributed by atoms with Crippen LogP contribution in [0.1, 0.15) is 35.1 Å². The summed E-state index contributed by atoms with van der Waals surface area (Å²) in [6.07, 6.45) is 0.871. The van der Waals surface area contributed by atoms with Gasteiger partial charge in [0.25, 0.3) is 5.56 Å². The minimum atomic E-state index is -1.07. The van der Waals surface area contributed by atoms with Crippen LogP contribution in [-0.4, -0.2) is 38.8 Å². The van der Waals surface area contributed by atoms with E-state index in [1.54, 1.807) is 6.92 Å². The van der Waals surface area contributed by atoms with Crippen molar-refractivity contribution in [2.24, 2.45) is 0 Å². The van der Waals surface area contributed by atoms with Crippen molar-refractivity contribution in [2.45, 2.75) is 50.2 Å². The van der Waals surface area contributed by atoms with Gasteiger partial charge in [-0.05, 0) is 37.5 Å². The fraction of sp³-hybridized carbons (Fsp3) is 0.258. The maximum Gasteiger partial charge on any atom is 0.328 e. The van der Waals surface area contributed by atoms with Crippen LogP contribution in [-0.2, 0) is 21.7 Å². The quantitative estimate of drug-likeness (QED) is 0.346. The Kier molecular flexibility index (Phi) is 6.61. The Hall–Kier alpha value is -4.47. The molecule has 1 fully saturated rings. The number of carbonyl (C=O) groups excluding carboxylic acids is 1. The molecule has 40 heavy (non-hydrogen) atoms. The van der Waals surface area contributed by atoms with E-state index in [0.29, 0.717) is 29.9 Å². The second-order valence-electron chi connectivity index (χ2n) is 10.2. The molecule has 1 aromatic heterocycles. The van der Waals surface area contributed by atoms with Crippen LogP contribution in [0.2, 0.25) is 0 Å². The molecule has 0 bridgehead atoms. The predicted molar refractivity (Wildman–Crippen MR) is 147 cm³/mol. The Morgan fingerprint density at radius 2 is 1.62 bits per heavy atom. The Balaban J connectivity index is 1.38. The molecule has 0 radical (unpaired) electrons. The number of aliphatic hydroxyl groups is 1. The van der Waals surface area contributed by atoms with Gasteiger partial charge in [-0.1, -0.05) is 66.7 Å². The maximum atomic E-state index is 13.1. The number of rotatable bonds is 6. The van der Waals surface area contributed by atoms with E-state index in [9.17, 15) is 19.5 Å². The number of ether oxygens (including phenoxy) is 2. The molecule has 0 unspecified atom stereocenters. The highest BCUT2D eigenvalue weighted by atomic mass is 16.5. The molecule has 3 atom stereocenters. The first kappa shape index (κ1) is 25.8. The van der Waals surface area contributed by atoms with Crippen molar-refractivity contribution >= 4 is 5.91 Å². The highest BCUT2D eigenvalue weighted by molar-refractivity contribution is 5.76. The van der Waals surface area contributed by atoms with Gasteiger partial charge in [0.1, 0.15) is 18.0 Å². The third-order valence-electron chi connectivity index (χ3n) is 7.65. The molecule has 1 saturated carbocycles. The zero-order chi connectivity index (χ0) is 27.9. The van der Waals surface area contributed by atoms with Crippen LogP contribution in [0.5, 0.6) is 11.5 Å². The van der Waals surface area contributed by atoms with Crippen molar-refractivity contribution in [3.05, 3.63) is 128 Å². The molecule has 1 aliphatic carbocycles. The first-order valence-electron chi connectivity index (χ1n) is 13.2. The van der Waals surface area contributed by atoms with E-state index >= 15 is 0 Å². The predicted octanol–water partition coefficient (Wildman–Crippen LogP) is 2.97. The molecule has 3 aromatic carbocycles. The standard InChI is InChI=1S/C31H29N3O6/c1-19-17-34(30(38)33-29(19)37)18-27(36)32-28-23(35)15-16-26(28)40-31(20-9-3-2-4-10-20)21-11-5-7-13-24(21)39-25-14-8-6-12-22(25)31/h2-14,17,23,26,28,35H,15-16,18H2,1H3,(H,32,36)(H,33,37,38)/t23-,26-,28-/m1/s1. The normalized spacial score (nSPS) is 20.7. The SMILES string of the molecule is Cc1cn(CC(=O)N[C@@H]2[C@H](O)CC[C@H]2OC2(c3ccccc3)c3ccccc3Oc3ccccc32)c(=O)[nH]c1=O. The van der Waals surface area contributed by atoms with E-state index in [1.807, 2.05) is 78.9 Å². The molecule has 0 spiro atoms. The van der Waals surface area contributed by atoms with Crippen LogP contribution >= 0.6 is 0 Å². The summed E-state index contributed by atoms with van der Waals surface area (Å²) in [5, 5.41) is 13.8. The summed E-state index contributed by atoms with van der Waals surface area (Å²) in [7, 11) is 0. The van der Waals surface area contributed by atoms with E-state index in [0.717, 1.165) is 21.3 Å². The van der Waals surface area contributed by atoms with Gasteiger partial charge in [-0.25, -0.2) is 4.79 Å². The number of aryl methyl sites for hydroxylation is 1. The van der Waals surface area contributed by atoms with Crippen LogP contribution < -0.4 is 21.3 Å². The molecule has 0 saturated heterocycles. The third kappa shape index (κ3) is 4.43. The van der Waals surface area contributed by atoms with E-state index in [-0.39, 0.29) is 6.54 Å². The van der Waals surface area contributed by atoms with Crippen LogP contribution in [0.3, 0.4) is 0 Å². The number of para-hydroxylation sites is 2. The fourth-order valence-corrected chi connectivity index (χ4v) is 5.75. The monoisotopic (exact) mass is 539 g/mol. The van der Waals surface area contributed by atoms with Gasteiger partial charge in [0.2, 0.25) is 5.91 Å². The number of carbonyl (C=O) groups is 1. The van der Waals surface area contributed by atoms with Crippen molar-refractivity contribution in [1.82, 2.24) is 14.9 Å². The first-order chi connectivity index (χ1) is 19.4. The maximum absolute atomic E-state index is 13.1. The Bertz CT molecular complexity index is 1630. The van der Waals surface area contributed by atoms with Gasteiger partial charge in [0.05, 0.1) is 18.2 Å². The smallest absolute Gasteiger partial charge is 0.328 e.